The summed E-state index contributed by atoms with van der Waals surface area (Å²) in [6.45, 7) is 6.28. The van der Waals surface area contributed by atoms with Crippen LogP contribution in [-0.4, -0.2) is 64.9 Å². The maximum Gasteiger partial charge on any atom is 0.255 e. The van der Waals surface area contributed by atoms with E-state index in [0.29, 0.717) is 16.7 Å². The smallest absolute Gasteiger partial charge is 0.255 e. The number of aromatic nitrogens is 1. The van der Waals surface area contributed by atoms with Gasteiger partial charge in [0, 0.05) is 41.3 Å². The molecule has 5 heterocycles. The number of benzene rings is 1. The van der Waals surface area contributed by atoms with Crippen molar-refractivity contribution in [1.29, 1.82) is 0 Å². The molecular weight excluding hydrogens is 463 g/mol. The number of rotatable bonds is 4. The molecule has 188 valence electrons. The SMILES string of the molecule is CC1c2c(ccc(-c3cc(CN4CCC5(CC4)COC5)ccn3)c2F)C(=O)N1C1CCC(=O)NC1=O. The lowest BCUT2D eigenvalue weighted by Crippen LogP contribution is -2.53. The lowest BCUT2D eigenvalue weighted by molar-refractivity contribution is -0.140. The molecule has 1 N–H and O–H groups in total. The van der Waals surface area contributed by atoms with Gasteiger partial charge in [0.1, 0.15) is 11.9 Å². The Morgan fingerprint density at radius 3 is 2.58 bits per heavy atom. The molecule has 6 rings (SSSR count). The van der Waals surface area contributed by atoms with Crippen LogP contribution in [0.15, 0.2) is 30.5 Å². The molecule has 8 nitrogen and oxygen atoms in total. The number of fused-ring (bicyclic) bond motifs is 1. The van der Waals surface area contributed by atoms with Crippen LogP contribution in [0.5, 0.6) is 0 Å². The van der Waals surface area contributed by atoms with E-state index in [1.165, 1.54) is 4.90 Å². The summed E-state index contributed by atoms with van der Waals surface area (Å²) in [4.78, 5) is 45.4. The maximum atomic E-state index is 15.9. The van der Waals surface area contributed by atoms with Crippen molar-refractivity contribution in [3.05, 3.63) is 53.0 Å². The largest absolute Gasteiger partial charge is 0.380 e. The fourth-order valence-corrected chi connectivity index (χ4v) is 6.04. The van der Waals surface area contributed by atoms with E-state index >= 15 is 4.39 Å². The van der Waals surface area contributed by atoms with Crippen molar-refractivity contribution in [2.45, 2.75) is 51.2 Å². The minimum Gasteiger partial charge on any atom is -0.380 e. The molecule has 2 aromatic rings. The standard InChI is InChI=1S/C27H29FN4O4/c1-16-23-19(26(35)32(16)21-4-5-22(33)30-25(21)34)3-2-18(24(23)28)20-12-17(6-9-29-20)13-31-10-7-27(8-11-31)14-36-15-27/h2-3,6,9,12,16,21H,4-5,7-8,10-11,13-15H2,1H3,(H,30,33,34). The maximum absolute atomic E-state index is 15.9. The van der Waals surface area contributed by atoms with E-state index in [4.69, 9.17) is 4.74 Å². The first-order valence-corrected chi connectivity index (χ1v) is 12.6. The third-order valence-electron chi connectivity index (χ3n) is 8.27. The average molecular weight is 493 g/mol. The van der Waals surface area contributed by atoms with E-state index in [0.717, 1.165) is 51.3 Å². The molecule has 9 heteroatoms. The number of amides is 3. The van der Waals surface area contributed by atoms with Crippen molar-refractivity contribution in [2.24, 2.45) is 5.41 Å². The first-order chi connectivity index (χ1) is 17.3. The van der Waals surface area contributed by atoms with Gasteiger partial charge in [-0.15, -0.1) is 0 Å². The second-order valence-electron chi connectivity index (χ2n) is 10.6. The second-order valence-corrected chi connectivity index (χ2v) is 10.6. The summed E-state index contributed by atoms with van der Waals surface area (Å²) in [5.41, 5.74) is 2.83. The Balaban J connectivity index is 1.23. The predicted octanol–water partition coefficient (Wildman–Crippen LogP) is 2.82. The molecule has 1 aromatic carbocycles. The fourth-order valence-electron chi connectivity index (χ4n) is 6.04. The monoisotopic (exact) mass is 492 g/mol. The van der Waals surface area contributed by atoms with Gasteiger partial charge in [0.25, 0.3) is 5.91 Å². The molecular formula is C27H29FN4O4. The van der Waals surface area contributed by atoms with Crippen LogP contribution in [0.2, 0.25) is 0 Å². The molecule has 0 bridgehead atoms. The van der Waals surface area contributed by atoms with E-state index in [-0.39, 0.29) is 35.8 Å². The third-order valence-corrected chi connectivity index (χ3v) is 8.27. The zero-order valence-corrected chi connectivity index (χ0v) is 20.3. The van der Waals surface area contributed by atoms with Crippen LogP contribution in [0.1, 0.15) is 60.1 Å². The molecule has 1 aromatic heterocycles. The quantitative estimate of drug-likeness (QED) is 0.660. The molecule has 0 aliphatic carbocycles. The Morgan fingerprint density at radius 1 is 1.14 bits per heavy atom. The Bertz CT molecular complexity index is 1250. The van der Waals surface area contributed by atoms with E-state index in [1.54, 1.807) is 25.3 Å². The van der Waals surface area contributed by atoms with Gasteiger partial charge < -0.3 is 9.64 Å². The predicted molar refractivity (Wildman–Crippen MR) is 128 cm³/mol. The molecule has 36 heavy (non-hydrogen) atoms. The zero-order valence-electron chi connectivity index (χ0n) is 20.3. The number of likely N-dealkylation sites (tertiary alicyclic amines) is 1. The molecule has 3 saturated heterocycles. The van der Waals surface area contributed by atoms with Crippen LogP contribution in [0.4, 0.5) is 4.39 Å². The van der Waals surface area contributed by atoms with Gasteiger partial charge >= 0.3 is 0 Å². The number of piperidine rings is 2. The van der Waals surface area contributed by atoms with Crippen molar-refractivity contribution in [2.75, 3.05) is 26.3 Å². The molecule has 3 amide bonds. The van der Waals surface area contributed by atoms with Gasteiger partial charge in [-0.05, 0) is 69.1 Å². The molecule has 4 aliphatic heterocycles. The number of carbonyl (C=O) groups excluding carboxylic acids is 3. The number of ether oxygens (including phenoxy) is 1. The number of nitrogens with zero attached hydrogens (tertiary/aromatic N) is 3. The van der Waals surface area contributed by atoms with E-state index < -0.39 is 23.8 Å². The number of halogens is 1. The van der Waals surface area contributed by atoms with Crippen LogP contribution in [-0.2, 0) is 20.9 Å². The first kappa shape index (κ1) is 23.2. The van der Waals surface area contributed by atoms with Gasteiger partial charge in [0.05, 0.1) is 24.9 Å². The fraction of sp³-hybridized carbons (Fsp3) is 0.481. The summed E-state index contributed by atoms with van der Waals surface area (Å²) in [6, 6.07) is 5.68. The van der Waals surface area contributed by atoms with E-state index in [9.17, 15) is 14.4 Å². The van der Waals surface area contributed by atoms with Crippen LogP contribution in [0.3, 0.4) is 0 Å². The Morgan fingerprint density at radius 2 is 1.89 bits per heavy atom. The Hall–Kier alpha value is -3.17. The highest BCUT2D eigenvalue weighted by atomic mass is 19.1. The van der Waals surface area contributed by atoms with Gasteiger partial charge in [-0.1, -0.05) is 0 Å². The number of imide groups is 1. The van der Waals surface area contributed by atoms with Gasteiger partial charge in [-0.3, -0.25) is 29.6 Å². The van der Waals surface area contributed by atoms with Crippen molar-refractivity contribution in [3.8, 4) is 11.3 Å². The van der Waals surface area contributed by atoms with E-state index in [1.807, 2.05) is 12.1 Å². The minimum absolute atomic E-state index is 0.152. The summed E-state index contributed by atoms with van der Waals surface area (Å²) in [7, 11) is 0. The molecule has 2 unspecified atom stereocenters. The highest BCUT2D eigenvalue weighted by molar-refractivity contribution is 6.06. The van der Waals surface area contributed by atoms with Crippen LogP contribution >= 0.6 is 0 Å². The third kappa shape index (κ3) is 3.81. The van der Waals surface area contributed by atoms with Crippen molar-refractivity contribution < 1.29 is 23.5 Å². The number of hydrogen-bond donors (Lipinski definition) is 1. The lowest BCUT2D eigenvalue weighted by Gasteiger charge is -2.47. The Labute approximate surface area is 208 Å². The molecule has 0 saturated carbocycles. The summed E-state index contributed by atoms with van der Waals surface area (Å²) in [6.07, 6.45) is 4.36. The number of pyridine rings is 1. The molecule has 0 radical (unpaired) electrons. The normalized spacial score (nSPS) is 25.6. The summed E-state index contributed by atoms with van der Waals surface area (Å²) in [5, 5.41) is 2.29. The highest BCUT2D eigenvalue weighted by Gasteiger charge is 2.45. The molecule has 3 fully saturated rings. The molecule has 4 aliphatic rings. The summed E-state index contributed by atoms with van der Waals surface area (Å²) in [5.74, 6) is -1.74. The van der Waals surface area contributed by atoms with Crippen molar-refractivity contribution >= 4 is 17.7 Å². The van der Waals surface area contributed by atoms with Gasteiger partial charge in [0.15, 0.2) is 0 Å². The molecule has 1 spiro atoms. The first-order valence-electron chi connectivity index (χ1n) is 12.6. The highest BCUT2D eigenvalue weighted by Crippen LogP contribution is 2.41. The van der Waals surface area contributed by atoms with E-state index in [2.05, 4.69) is 15.2 Å². The van der Waals surface area contributed by atoms with Crippen molar-refractivity contribution in [3.63, 3.8) is 0 Å². The van der Waals surface area contributed by atoms with Crippen molar-refractivity contribution in [1.82, 2.24) is 20.1 Å². The molecule has 2 atom stereocenters. The van der Waals surface area contributed by atoms with Gasteiger partial charge in [0.2, 0.25) is 11.8 Å². The second kappa shape index (κ2) is 8.74. The van der Waals surface area contributed by atoms with Gasteiger partial charge in [-0.2, -0.15) is 0 Å². The number of hydrogen-bond acceptors (Lipinski definition) is 6. The van der Waals surface area contributed by atoms with Crippen LogP contribution in [0.25, 0.3) is 11.3 Å². The average Bonchev–Trinajstić information content (AvgIpc) is 3.09. The van der Waals surface area contributed by atoms with Crippen LogP contribution in [0, 0.1) is 11.2 Å². The summed E-state index contributed by atoms with van der Waals surface area (Å²) >= 11 is 0. The number of nitrogens with one attached hydrogen (secondary N) is 1. The number of carbonyl (C=O) groups is 3. The Kier molecular flexibility index (Phi) is 5.64. The van der Waals surface area contributed by atoms with Crippen LogP contribution < -0.4 is 5.32 Å². The summed E-state index contributed by atoms with van der Waals surface area (Å²) < 4.78 is 21.3. The minimum atomic E-state index is -0.794. The zero-order chi connectivity index (χ0) is 25.0. The van der Waals surface area contributed by atoms with Gasteiger partial charge in [-0.25, -0.2) is 4.39 Å². The topological polar surface area (TPSA) is 91.8 Å². The lowest BCUT2D eigenvalue weighted by atomic mass is 9.77.